The molecule has 2 N–H and O–H groups in total. The van der Waals surface area contributed by atoms with Gasteiger partial charge in [0, 0.05) is 0 Å². The molecule has 2 aliphatic carbocycles. The Labute approximate surface area is 88.4 Å². The van der Waals surface area contributed by atoms with Gasteiger partial charge in [-0.3, -0.25) is 0 Å². The van der Waals surface area contributed by atoms with E-state index >= 15 is 0 Å². The Morgan fingerprint density at radius 1 is 1.14 bits per heavy atom. The monoisotopic (exact) mass is 195 g/mol. The molecule has 2 rings (SSSR count). The van der Waals surface area contributed by atoms with Crippen molar-refractivity contribution in [1.82, 2.24) is 0 Å². The summed E-state index contributed by atoms with van der Waals surface area (Å²) in [6.45, 7) is 5.70. The van der Waals surface area contributed by atoms with Crippen LogP contribution in [0.4, 0.5) is 0 Å². The molecule has 2 atom stereocenters. The van der Waals surface area contributed by atoms with Crippen LogP contribution < -0.4 is 5.73 Å². The minimum Gasteiger partial charge on any atom is -0.330 e. The Bertz CT molecular complexity index is 180. The van der Waals surface area contributed by atoms with Crippen molar-refractivity contribution in [2.24, 2.45) is 35.3 Å². The van der Waals surface area contributed by atoms with Crippen molar-refractivity contribution in [2.45, 2.75) is 46.0 Å². The highest BCUT2D eigenvalue weighted by Crippen LogP contribution is 2.50. The van der Waals surface area contributed by atoms with Crippen LogP contribution in [0.3, 0.4) is 0 Å². The third-order valence-electron chi connectivity index (χ3n) is 4.64. The van der Waals surface area contributed by atoms with E-state index in [1.54, 1.807) is 0 Å². The molecule has 14 heavy (non-hydrogen) atoms. The molecular weight excluding hydrogens is 170 g/mol. The van der Waals surface area contributed by atoms with E-state index in [-0.39, 0.29) is 0 Å². The summed E-state index contributed by atoms with van der Waals surface area (Å²) in [6, 6.07) is 0. The molecule has 1 heteroatoms. The van der Waals surface area contributed by atoms with E-state index in [1.807, 2.05) is 0 Å². The van der Waals surface area contributed by atoms with Crippen LogP contribution in [0.5, 0.6) is 0 Å². The summed E-state index contributed by atoms with van der Waals surface area (Å²) in [5.74, 6) is 4.88. The Kier molecular flexibility index (Phi) is 3.16. The quantitative estimate of drug-likeness (QED) is 0.736. The molecule has 0 aromatic rings. The minimum atomic E-state index is 0.899. The first kappa shape index (κ1) is 10.5. The second kappa shape index (κ2) is 4.22. The number of nitrogens with two attached hydrogens (primary N) is 1. The van der Waals surface area contributed by atoms with Gasteiger partial charge in [-0.15, -0.1) is 0 Å². The fraction of sp³-hybridized carbons (Fsp3) is 1.00. The predicted molar refractivity (Wildman–Crippen MR) is 60.9 cm³/mol. The van der Waals surface area contributed by atoms with Gasteiger partial charge in [0.15, 0.2) is 0 Å². The first-order valence-electron chi connectivity index (χ1n) is 6.42. The third kappa shape index (κ3) is 2.13. The van der Waals surface area contributed by atoms with E-state index in [1.165, 1.54) is 32.1 Å². The van der Waals surface area contributed by atoms with Gasteiger partial charge < -0.3 is 5.73 Å². The van der Waals surface area contributed by atoms with Crippen LogP contribution in [0.25, 0.3) is 0 Å². The zero-order valence-corrected chi connectivity index (χ0v) is 9.71. The highest BCUT2D eigenvalue weighted by molar-refractivity contribution is 4.93. The summed E-state index contributed by atoms with van der Waals surface area (Å²) in [5.41, 5.74) is 5.71. The third-order valence-corrected chi connectivity index (χ3v) is 4.64. The van der Waals surface area contributed by atoms with Gasteiger partial charge in [-0.25, -0.2) is 0 Å². The summed E-state index contributed by atoms with van der Waals surface area (Å²) < 4.78 is 0. The normalized spacial score (nSPS) is 42.9. The average molecular weight is 195 g/mol. The van der Waals surface area contributed by atoms with Gasteiger partial charge in [0.2, 0.25) is 0 Å². The molecule has 2 aliphatic rings. The minimum absolute atomic E-state index is 0.899. The molecule has 82 valence electrons. The number of hydrogen-bond donors (Lipinski definition) is 1. The van der Waals surface area contributed by atoms with E-state index in [0.717, 1.165) is 36.1 Å². The molecule has 0 bridgehead atoms. The summed E-state index contributed by atoms with van der Waals surface area (Å²) in [4.78, 5) is 0. The van der Waals surface area contributed by atoms with Crippen molar-refractivity contribution in [3.05, 3.63) is 0 Å². The van der Waals surface area contributed by atoms with Crippen molar-refractivity contribution in [3.8, 4) is 0 Å². The van der Waals surface area contributed by atoms with Gasteiger partial charge in [0.25, 0.3) is 0 Å². The summed E-state index contributed by atoms with van der Waals surface area (Å²) in [5, 5.41) is 0. The van der Waals surface area contributed by atoms with E-state index in [4.69, 9.17) is 5.73 Å². The number of rotatable bonds is 3. The molecule has 0 unspecified atom stereocenters. The van der Waals surface area contributed by atoms with Crippen LogP contribution in [-0.2, 0) is 0 Å². The van der Waals surface area contributed by atoms with Crippen molar-refractivity contribution in [1.29, 1.82) is 0 Å². The summed E-state index contributed by atoms with van der Waals surface area (Å²) >= 11 is 0. The maximum absolute atomic E-state index is 5.71. The number of hydrogen-bond acceptors (Lipinski definition) is 1. The lowest BCUT2D eigenvalue weighted by Crippen LogP contribution is -2.20. The molecular formula is C13H25N. The molecule has 0 aliphatic heterocycles. The SMILES string of the molecule is CC(C)C1CCC([C@@H]2C[C@H]2CN)CC1. The lowest BCUT2D eigenvalue weighted by molar-refractivity contribution is 0.204. The fourth-order valence-corrected chi connectivity index (χ4v) is 3.36. The molecule has 0 heterocycles. The molecule has 0 aromatic heterocycles. The highest BCUT2D eigenvalue weighted by Gasteiger charge is 2.42. The summed E-state index contributed by atoms with van der Waals surface area (Å²) in [6.07, 6.45) is 7.38. The zero-order chi connectivity index (χ0) is 10.1. The molecule has 0 aromatic carbocycles. The fourth-order valence-electron chi connectivity index (χ4n) is 3.36. The second-order valence-corrected chi connectivity index (χ2v) is 5.81. The Hall–Kier alpha value is -0.0400. The maximum Gasteiger partial charge on any atom is -0.00460 e. The molecule has 0 saturated heterocycles. The van der Waals surface area contributed by atoms with Crippen molar-refractivity contribution < 1.29 is 0 Å². The van der Waals surface area contributed by atoms with Crippen LogP contribution >= 0.6 is 0 Å². The van der Waals surface area contributed by atoms with Gasteiger partial charge in [-0.1, -0.05) is 13.8 Å². The van der Waals surface area contributed by atoms with E-state index in [9.17, 15) is 0 Å². The van der Waals surface area contributed by atoms with Gasteiger partial charge in [0.1, 0.15) is 0 Å². The molecule has 1 nitrogen and oxygen atoms in total. The van der Waals surface area contributed by atoms with Crippen LogP contribution in [-0.4, -0.2) is 6.54 Å². The smallest absolute Gasteiger partial charge is 0.00460 e. The molecule has 0 amide bonds. The van der Waals surface area contributed by atoms with Gasteiger partial charge in [-0.05, 0) is 68.2 Å². The van der Waals surface area contributed by atoms with E-state index < -0.39 is 0 Å². The molecule has 2 fully saturated rings. The van der Waals surface area contributed by atoms with Crippen molar-refractivity contribution >= 4 is 0 Å². The summed E-state index contributed by atoms with van der Waals surface area (Å²) in [7, 11) is 0. The molecule has 0 radical (unpaired) electrons. The average Bonchev–Trinajstić information content (AvgIpc) is 2.97. The van der Waals surface area contributed by atoms with E-state index in [0.29, 0.717) is 0 Å². The Morgan fingerprint density at radius 2 is 1.79 bits per heavy atom. The predicted octanol–water partition coefficient (Wildman–Crippen LogP) is 3.04. The van der Waals surface area contributed by atoms with Crippen LogP contribution in [0, 0.1) is 29.6 Å². The molecule has 2 saturated carbocycles. The first-order chi connectivity index (χ1) is 6.72. The van der Waals surface area contributed by atoms with Crippen LogP contribution in [0.2, 0.25) is 0 Å². The lowest BCUT2D eigenvalue weighted by Gasteiger charge is -2.31. The van der Waals surface area contributed by atoms with Gasteiger partial charge >= 0.3 is 0 Å². The van der Waals surface area contributed by atoms with Crippen molar-refractivity contribution in [3.63, 3.8) is 0 Å². The first-order valence-corrected chi connectivity index (χ1v) is 6.42. The zero-order valence-electron chi connectivity index (χ0n) is 9.71. The van der Waals surface area contributed by atoms with Gasteiger partial charge in [-0.2, -0.15) is 0 Å². The standard InChI is InChI=1S/C13H25N/c1-9(2)10-3-5-11(6-4-10)13-7-12(13)8-14/h9-13H,3-8,14H2,1-2H3/t10?,11?,12-,13-/m0/s1. The topological polar surface area (TPSA) is 26.0 Å². The maximum atomic E-state index is 5.71. The largest absolute Gasteiger partial charge is 0.330 e. The second-order valence-electron chi connectivity index (χ2n) is 5.81. The van der Waals surface area contributed by atoms with E-state index in [2.05, 4.69) is 13.8 Å². The molecule has 0 spiro atoms. The van der Waals surface area contributed by atoms with Crippen LogP contribution in [0.15, 0.2) is 0 Å². The van der Waals surface area contributed by atoms with Gasteiger partial charge in [0.05, 0.1) is 0 Å². The van der Waals surface area contributed by atoms with Crippen molar-refractivity contribution in [2.75, 3.05) is 6.54 Å². The Morgan fingerprint density at radius 3 is 2.21 bits per heavy atom. The van der Waals surface area contributed by atoms with Crippen LogP contribution in [0.1, 0.15) is 46.0 Å². The lowest BCUT2D eigenvalue weighted by atomic mass is 9.75. The highest BCUT2D eigenvalue weighted by atomic mass is 14.6. The Balaban J connectivity index is 1.74.